The Morgan fingerprint density at radius 2 is 2.12 bits per heavy atom. The highest BCUT2D eigenvalue weighted by Crippen LogP contribution is 2.20. The number of hydrogen-bond acceptors (Lipinski definition) is 3. The van der Waals surface area contributed by atoms with Gasteiger partial charge in [0.15, 0.2) is 5.82 Å². The average molecular weight is 231 g/mol. The summed E-state index contributed by atoms with van der Waals surface area (Å²) < 4.78 is 13.2. The number of nitrogens with zero attached hydrogens (tertiary/aromatic N) is 2. The third-order valence-electron chi connectivity index (χ3n) is 2.65. The van der Waals surface area contributed by atoms with Gasteiger partial charge in [-0.2, -0.15) is 0 Å². The molecule has 88 valence electrons. The van der Waals surface area contributed by atoms with E-state index < -0.39 is 0 Å². The van der Waals surface area contributed by atoms with Gasteiger partial charge < -0.3 is 5.73 Å². The predicted octanol–water partition coefficient (Wildman–Crippen LogP) is 2.74. The molecule has 17 heavy (non-hydrogen) atoms. The fourth-order valence-corrected chi connectivity index (χ4v) is 1.63. The summed E-state index contributed by atoms with van der Waals surface area (Å²) in [6.45, 7) is 3.70. The minimum absolute atomic E-state index is 0.222. The molecule has 1 aromatic carbocycles. The molecule has 2 rings (SSSR count). The van der Waals surface area contributed by atoms with E-state index in [9.17, 15) is 4.39 Å². The zero-order valence-electron chi connectivity index (χ0n) is 9.87. The standard InChI is InChI=1S/C13H14FN3/c1-3-12-11(15)7-16-13(17-12)9-4-5-10(14)8(2)6-9/h4-7H,3,15H2,1-2H3. The molecule has 1 aromatic heterocycles. The average Bonchev–Trinajstić information content (AvgIpc) is 2.33. The first-order chi connectivity index (χ1) is 8.11. The zero-order chi connectivity index (χ0) is 12.4. The Bertz CT molecular complexity index is 552. The van der Waals surface area contributed by atoms with E-state index in [4.69, 9.17) is 5.73 Å². The lowest BCUT2D eigenvalue weighted by atomic mass is 10.1. The van der Waals surface area contributed by atoms with Crippen LogP contribution in [0.5, 0.6) is 0 Å². The van der Waals surface area contributed by atoms with E-state index in [0.717, 1.165) is 17.7 Å². The van der Waals surface area contributed by atoms with Crippen LogP contribution >= 0.6 is 0 Å². The van der Waals surface area contributed by atoms with Crippen LogP contribution in [0.3, 0.4) is 0 Å². The van der Waals surface area contributed by atoms with Gasteiger partial charge in [-0.25, -0.2) is 14.4 Å². The van der Waals surface area contributed by atoms with Gasteiger partial charge in [0.25, 0.3) is 0 Å². The second-order valence-corrected chi connectivity index (χ2v) is 3.91. The molecule has 0 aliphatic heterocycles. The van der Waals surface area contributed by atoms with Crippen LogP contribution in [0.4, 0.5) is 10.1 Å². The first-order valence-corrected chi connectivity index (χ1v) is 5.49. The number of rotatable bonds is 2. The van der Waals surface area contributed by atoms with Crippen LogP contribution in [0.2, 0.25) is 0 Å². The highest BCUT2D eigenvalue weighted by Gasteiger charge is 2.07. The summed E-state index contributed by atoms with van der Waals surface area (Å²) in [7, 11) is 0. The predicted molar refractivity (Wildman–Crippen MR) is 66.0 cm³/mol. The van der Waals surface area contributed by atoms with Crippen LogP contribution < -0.4 is 5.73 Å². The summed E-state index contributed by atoms with van der Waals surface area (Å²) in [4.78, 5) is 8.54. The fourth-order valence-electron chi connectivity index (χ4n) is 1.63. The highest BCUT2D eigenvalue weighted by atomic mass is 19.1. The zero-order valence-corrected chi connectivity index (χ0v) is 9.87. The van der Waals surface area contributed by atoms with Crippen molar-refractivity contribution in [1.82, 2.24) is 9.97 Å². The van der Waals surface area contributed by atoms with Crippen LogP contribution in [0.15, 0.2) is 24.4 Å². The summed E-state index contributed by atoms with van der Waals surface area (Å²) in [5.41, 5.74) is 8.54. The molecular weight excluding hydrogens is 217 g/mol. The normalized spacial score (nSPS) is 10.5. The quantitative estimate of drug-likeness (QED) is 0.864. The molecule has 0 fully saturated rings. The summed E-state index contributed by atoms with van der Waals surface area (Å²) in [6.07, 6.45) is 2.35. The van der Waals surface area contributed by atoms with Gasteiger partial charge in [0.2, 0.25) is 0 Å². The third kappa shape index (κ3) is 2.25. The van der Waals surface area contributed by atoms with E-state index >= 15 is 0 Å². The topological polar surface area (TPSA) is 51.8 Å². The number of benzene rings is 1. The van der Waals surface area contributed by atoms with Crippen molar-refractivity contribution in [1.29, 1.82) is 0 Å². The molecule has 4 heteroatoms. The summed E-state index contributed by atoms with van der Waals surface area (Å²) in [5, 5.41) is 0. The van der Waals surface area contributed by atoms with Crippen LogP contribution in [0, 0.1) is 12.7 Å². The third-order valence-corrected chi connectivity index (χ3v) is 2.65. The van der Waals surface area contributed by atoms with E-state index in [2.05, 4.69) is 9.97 Å². The number of hydrogen-bond donors (Lipinski definition) is 1. The summed E-state index contributed by atoms with van der Waals surface area (Å²) >= 11 is 0. The molecular formula is C13H14FN3. The molecule has 0 atom stereocenters. The Hall–Kier alpha value is -1.97. The van der Waals surface area contributed by atoms with Crippen molar-refractivity contribution in [3.63, 3.8) is 0 Å². The lowest BCUT2D eigenvalue weighted by Crippen LogP contribution is -2.00. The molecule has 0 aliphatic carbocycles. The van der Waals surface area contributed by atoms with Gasteiger partial charge in [-0.15, -0.1) is 0 Å². The summed E-state index contributed by atoms with van der Waals surface area (Å²) in [6, 6.07) is 4.84. The van der Waals surface area contributed by atoms with Crippen molar-refractivity contribution in [3.8, 4) is 11.4 Å². The Kier molecular flexibility index (Phi) is 3.04. The van der Waals surface area contributed by atoms with Gasteiger partial charge in [-0.05, 0) is 37.1 Å². The molecule has 0 unspecified atom stereocenters. The van der Waals surface area contributed by atoms with Crippen molar-refractivity contribution in [2.24, 2.45) is 0 Å². The number of aryl methyl sites for hydroxylation is 2. The highest BCUT2D eigenvalue weighted by molar-refractivity contribution is 5.58. The minimum Gasteiger partial charge on any atom is -0.396 e. The van der Waals surface area contributed by atoms with Crippen molar-refractivity contribution in [3.05, 3.63) is 41.5 Å². The van der Waals surface area contributed by atoms with E-state index in [1.165, 1.54) is 6.07 Å². The number of halogens is 1. The second kappa shape index (κ2) is 4.49. The van der Waals surface area contributed by atoms with E-state index in [1.807, 2.05) is 6.92 Å². The molecule has 3 nitrogen and oxygen atoms in total. The SMILES string of the molecule is CCc1nc(-c2ccc(F)c(C)c2)ncc1N. The smallest absolute Gasteiger partial charge is 0.159 e. The molecule has 0 bridgehead atoms. The van der Waals surface area contributed by atoms with Gasteiger partial charge in [-0.3, -0.25) is 0 Å². The Balaban J connectivity index is 2.49. The van der Waals surface area contributed by atoms with Crippen molar-refractivity contribution >= 4 is 5.69 Å². The molecule has 0 radical (unpaired) electrons. The van der Waals surface area contributed by atoms with Gasteiger partial charge in [0.1, 0.15) is 5.82 Å². The van der Waals surface area contributed by atoms with Gasteiger partial charge in [0.05, 0.1) is 17.6 Å². The molecule has 0 amide bonds. The van der Waals surface area contributed by atoms with Crippen molar-refractivity contribution < 1.29 is 4.39 Å². The molecule has 0 saturated heterocycles. The molecule has 0 aliphatic rings. The van der Waals surface area contributed by atoms with Crippen LogP contribution in [-0.2, 0) is 6.42 Å². The molecule has 2 N–H and O–H groups in total. The first-order valence-electron chi connectivity index (χ1n) is 5.49. The molecule has 0 spiro atoms. The summed E-state index contributed by atoms with van der Waals surface area (Å²) in [5.74, 6) is 0.360. The van der Waals surface area contributed by atoms with Gasteiger partial charge >= 0.3 is 0 Å². The second-order valence-electron chi connectivity index (χ2n) is 3.91. The van der Waals surface area contributed by atoms with Crippen LogP contribution in [0.1, 0.15) is 18.2 Å². The number of anilines is 1. The lowest BCUT2D eigenvalue weighted by molar-refractivity contribution is 0.618. The van der Waals surface area contributed by atoms with E-state index in [1.54, 1.807) is 25.3 Å². The molecule has 1 heterocycles. The van der Waals surface area contributed by atoms with E-state index in [-0.39, 0.29) is 5.82 Å². The monoisotopic (exact) mass is 231 g/mol. The largest absolute Gasteiger partial charge is 0.396 e. The fraction of sp³-hybridized carbons (Fsp3) is 0.231. The van der Waals surface area contributed by atoms with Crippen molar-refractivity contribution in [2.75, 3.05) is 5.73 Å². The first kappa shape index (κ1) is 11.5. The minimum atomic E-state index is -0.222. The lowest BCUT2D eigenvalue weighted by Gasteiger charge is -2.06. The number of nitrogen functional groups attached to an aromatic ring is 1. The maximum atomic E-state index is 13.2. The molecule has 0 saturated carbocycles. The van der Waals surface area contributed by atoms with Gasteiger partial charge in [0, 0.05) is 5.56 Å². The Labute approximate surface area is 99.5 Å². The van der Waals surface area contributed by atoms with Crippen LogP contribution in [-0.4, -0.2) is 9.97 Å². The van der Waals surface area contributed by atoms with Crippen LogP contribution in [0.25, 0.3) is 11.4 Å². The van der Waals surface area contributed by atoms with E-state index in [0.29, 0.717) is 17.1 Å². The Morgan fingerprint density at radius 3 is 2.76 bits per heavy atom. The number of nitrogens with two attached hydrogens (primary N) is 1. The number of aromatic nitrogens is 2. The van der Waals surface area contributed by atoms with Crippen molar-refractivity contribution in [2.45, 2.75) is 20.3 Å². The maximum Gasteiger partial charge on any atom is 0.159 e. The maximum absolute atomic E-state index is 13.2. The molecule has 2 aromatic rings. The Morgan fingerprint density at radius 1 is 1.35 bits per heavy atom. The van der Waals surface area contributed by atoms with Gasteiger partial charge in [-0.1, -0.05) is 6.92 Å².